The summed E-state index contributed by atoms with van der Waals surface area (Å²) in [7, 11) is 1.77. The van der Waals surface area contributed by atoms with Crippen LogP contribution in [-0.4, -0.2) is 72.3 Å². The molecule has 1 unspecified atom stereocenters. The minimum Gasteiger partial charge on any atom is -0.381 e. The predicted molar refractivity (Wildman–Crippen MR) is 146 cm³/mol. The molecule has 5 rings (SSSR count). The Morgan fingerprint density at radius 3 is 2.63 bits per heavy atom. The number of piperidine rings is 1. The van der Waals surface area contributed by atoms with Crippen molar-refractivity contribution in [2.24, 2.45) is 4.99 Å². The van der Waals surface area contributed by atoms with Crippen LogP contribution in [0.5, 0.6) is 0 Å². The van der Waals surface area contributed by atoms with Gasteiger partial charge in [-0.25, -0.2) is 24.1 Å². The van der Waals surface area contributed by atoms with Crippen LogP contribution in [0.4, 0.5) is 20.7 Å². The highest BCUT2D eigenvalue weighted by molar-refractivity contribution is 5.89. The Morgan fingerprint density at radius 1 is 1.21 bits per heavy atom. The number of carbonyl (C=O) groups excluding carboxylic acids is 1. The van der Waals surface area contributed by atoms with E-state index >= 15 is 0 Å². The minimum atomic E-state index is -0.748. The summed E-state index contributed by atoms with van der Waals surface area (Å²) in [6.07, 6.45) is 5.56. The van der Waals surface area contributed by atoms with Crippen LogP contribution in [-0.2, 0) is 17.7 Å². The Bertz CT molecular complexity index is 1230. The van der Waals surface area contributed by atoms with E-state index in [0.717, 1.165) is 61.5 Å². The number of hydrogen-bond donors (Lipinski definition) is 3. The highest BCUT2D eigenvalue weighted by Gasteiger charge is 2.36. The number of halogens is 1. The number of hydrogen-bond acceptors (Lipinski definition) is 8. The third-order valence-electron chi connectivity index (χ3n) is 7.39. The summed E-state index contributed by atoms with van der Waals surface area (Å²) in [6.45, 7) is 7.41. The normalized spacial score (nSPS) is 21.9. The molecule has 2 aromatic rings. The first-order valence-electron chi connectivity index (χ1n) is 13.1. The lowest BCUT2D eigenvalue weighted by atomic mass is 10.0. The van der Waals surface area contributed by atoms with Crippen molar-refractivity contribution in [2.45, 2.75) is 51.5 Å². The molecule has 1 fully saturated rings. The smallest absolute Gasteiger partial charge is 0.319 e. The van der Waals surface area contributed by atoms with Crippen molar-refractivity contribution >= 4 is 23.8 Å². The third-order valence-corrected chi connectivity index (χ3v) is 7.39. The Labute approximate surface area is 222 Å². The monoisotopic (exact) mass is 522 g/mol. The van der Waals surface area contributed by atoms with E-state index in [0.29, 0.717) is 24.6 Å². The molecule has 3 aliphatic rings. The van der Waals surface area contributed by atoms with E-state index < -0.39 is 11.6 Å². The van der Waals surface area contributed by atoms with Crippen molar-refractivity contribution in [1.82, 2.24) is 25.5 Å². The number of ether oxygens (including phenoxy) is 1. The third kappa shape index (κ3) is 5.48. The lowest BCUT2D eigenvalue weighted by Gasteiger charge is -2.42. The van der Waals surface area contributed by atoms with Gasteiger partial charge in [-0.05, 0) is 57.4 Å². The van der Waals surface area contributed by atoms with Crippen molar-refractivity contribution in [3.05, 3.63) is 47.5 Å². The van der Waals surface area contributed by atoms with Crippen LogP contribution in [0.15, 0.2) is 41.3 Å². The number of amides is 2. The molecule has 3 aliphatic heterocycles. The molecule has 1 aromatic heterocycles. The van der Waals surface area contributed by atoms with Gasteiger partial charge in [0, 0.05) is 62.8 Å². The van der Waals surface area contributed by atoms with Gasteiger partial charge in [0.1, 0.15) is 5.82 Å². The zero-order chi connectivity index (χ0) is 26.7. The molecule has 3 N–H and O–H groups in total. The van der Waals surface area contributed by atoms with Gasteiger partial charge in [0.05, 0.1) is 18.0 Å². The Balaban J connectivity index is 1.46. The quantitative estimate of drug-likeness (QED) is 0.534. The predicted octanol–water partition coefficient (Wildman–Crippen LogP) is 3.42. The first kappa shape index (κ1) is 26.1. The Morgan fingerprint density at radius 2 is 1.97 bits per heavy atom. The highest BCUT2D eigenvalue weighted by atomic mass is 19.1. The van der Waals surface area contributed by atoms with E-state index in [9.17, 15) is 9.18 Å². The second-order valence-corrected chi connectivity index (χ2v) is 9.90. The summed E-state index contributed by atoms with van der Waals surface area (Å²) in [5, 5.41) is 8.65. The Hall–Kier alpha value is -3.57. The molecule has 0 aliphatic carbocycles. The number of aliphatic imine (C=N–C) groups is 1. The largest absolute Gasteiger partial charge is 0.381 e. The molecule has 1 saturated heterocycles. The zero-order valence-electron chi connectivity index (χ0n) is 22.1. The molecule has 0 radical (unpaired) electrons. The van der Waals surface area contributed by atoms with E-state index in [-0.39, 0.29) is 12.1 Å². The van der Waals surface area contributed by atoms with E-state index in [2.05, 4.69) is 30.7 Å². The molecule has 0 saturated carbocycles. The molecule has 2 amide bonds. The summed E-state index contributed by atoms with van der Waals surface area (Å²) < 4.78 is 19.2. The minimum absolute atomic E-state index is 0.241. The molecule has 38 heavy (non-hydrogen) atoms. The summed E-state index contributed by atoms with van der Waals surface area (Å²) in [5.41, 5.74) is 3.66. The van der Waals surface area contributed by atoms with E-state index in [4.69, 9.17) is 14.7 Å². The SMILES string of the molecule is CCNC(=O)Nc1ccc(-c2nc3c(c(N4CCC(OC)CC4)n2)CCN(C2(C)N=CC(F)=CN2)C3)cc1. The van der Waals surface area contributed by atoms with E-state index in [1.807, 2.05) is 38.1 Å². The van der Waals surface area contributed by atoms with Crippen LogP contribution in [0.3, 0.4) is 0 Å². The number of methoxy groups -OCH3 is 1. The highest BCUT2D eigenvalue weighted by Crippen LogP contribution is 2.34. The fourth-order valence-electron chi connectivity index (χ4n) is 5.16. The second-order valence-electron chi connectivity index (χ2n) is 9.90. The molecule has 11 heteroatoms. The van der Waals surface area contributed by atoms with Gasteiger partial charge in [0.25, 0.3) is 0 Å². The number of aromatic nitrogens is 2. The van der Waals surface area contributed by atoms with Crippen molar-refractivity contribution < 1.29 is 13.9 Å². The summed E-state index contributed by atoms with van der Waals surface area (Å²) >= 11 is 0. The lowest BCUT2D eigenvalue weighted by Crippen LogP contribution is -2.56. The van der Waals surface area contributed by atoms with E-state index in [1.165, 1.54) is 12.4 Å². The maximum absolute atomic E-state index is 13.6. The van der Waals surface area contributed by atoms with Crippen LogP contribution in [0, 0.1) is 0 Å². The zero-order valence-corrected chi connectivity index (χ0v) is 22.1. The van der Waals surface area contributed by atoms with Crippen LogP contribution in [0.1, 0.15) is 37.9 Å². The number of urea groups is 1. The summed E-state index contributed by atoms with van der Waals surface area (Å²) in [4.78, 5) is 30.9. The molecule has 1 aromatic carbocycles. The first-order chi connectivity index (χ1) is 18.4. The van der Waals surface area contributed by atoms with Gasteiger partial charge in [-0.2, -0.15) is 0 Å². The van der Waals surface area contributed by atoms with Gasteiger partial charge in [-0.3, -0.25) is 4.90 Å². The number of rotatable bonds is 6. The first-order valence-corrected chi connectivity index (χ1v) is 13.1. The van der Waals surface area contributed by atoms with Gasteiger partial charge < -0.3 is 25.6 Å². The van der Waals surface area contributed by atoms with Crippen molar-refractivity contribution in [3.63, 3.8) is 0 Å². The van der Waals surface area contributed by atoms with Crippen LogP contribution >= 0.6 is 0 Å². The van der Waals surface area contributed by atoms with E-state index in [1.54, 1.807) is 7.11 Å². The van der Waals surface area contributed by atoms with Crippen molar-refractivity contribution in [1.29, 1.82) is 0 Å². The number of fused-ring (bicyclic) bond motifs is 1. The van der Waals surface area contributed by atoms with Gasteiger partial charge in [-0.1, -0.05) is 0 Å². The van der Waals surface area contributed by atoms with Crippen LogP contribution in [0.2, 0.25) is 0 Å². The maximum Gasteiger partial charge on any atom is 0.319 e. The molecule has 202 valence electrons. The van der Waals surface area contributed by atoms with Crippen LogP contribution < -0.4 is 20.9 Å². The average Bonchev–Trinajstić information content (AvgIpc) is 2.94. The average molecular weight is 523 g/mol. The number of anilines is 2. The van der Waals surface area contributed by atoms with Gasteiger partial charge in [0.15, 0.2) is 17.4 Å². The number of nitrogens with one attached hydrogen (secondary N) is 3. The number of benzene rings is 1. The van der Waals surface area contributed by atoms with Gasteiger partial charge in [-0.15, -0.1) is 0 Å². The fourth-order valence-corrected chi connectivity index (χ4v) is 5.16. The maximum atomic E-state index is 13.6. The van der Waals surface area contributed by atoms with Gasteiger partial charge >= 0.3 is 6.03 Å². The second kappa shape index (κ2) is 11.0. The van der Waals surface area contributed by atoms with Crippen LogP contribution in [0.25, 0.3) is 11.4 Å². The number of allylic oxidation sites excluding steroid dienone is 1. The lowest BCUT2D eigenvalue weighted by molar-refractivity contribution is 0.0731. The van der Waals surface area contributed by atoms with Crippen molar-refractivity contribution in [3.8, 4) is 11.4 Å². The number of nitrogens with zero attached hydrogens (tertiary/aromatic N) is 5. The Kier molecular flexibility index (Phi) is 7.57. The van der Waals surface area contributed by atoms with Crippen molar-refractivity contribution in [2.75, 3.05) is 43.5 Å². The van der Waals surface area contributed by atoms with Gasteiger partial charge in [0.2, 0.25) is 0 Å². The summed E-state index contributed by atoms with van der Waals surface area (Å²) in [5.74, 6) is 0.466. The molecule has 10 nitrogen and oxygen atoms in total. The number of carbonyl (C=O) groups is 1. The molecule has 0 spiro atoms. The summed E-state index contributed by atoms with van der Waals surface area (Å²) in [6, 6.07) is 7.31. The standard InChI is InChI=1S/C27H35FN8O2/c1-4-29-26(37)32-20-7-5-18(6-8-20)24-33-23-17-36(27(2)30-15-19(28)16-31-27)14-11-22(23)25(34-24)35-12-9-21(38-3)10-13-35/h5-8,15-16,21,30H,4,9-14,17H2,1-3H3,(H2,29,32,37). The molecule has 1 atom stereocenters. The molecular formula is C27H35FN8O2. The molecule has 4 heterocycles. The molecule has 0 bridgehead atoms. The molecular weight excluding hydrogens is 487 g/mol. The topological polar surface area (TPSA) is 107 Å². The fraction of sp³-hybridized carbons (Fsp3) is 0.481.